The molecule has 10 heavy (non-hydrogen) atoms. The van der Waals surface area contributed by atoms with Gasteiger partial charge in [-0.1, -0.05) is 0 Å². The Labute approximate surface area is 67.7 Å². The van der Waals surface area contributed by atoms with Crippen LogP contribution in [-0.4, -0.2) is 16.6 Å². The zero-order valence-electron chi connectivity index (χ0n) is 7.07. The maximum Gasteiger partial charge on any atom is 0.0797 e. The Morgan fingerprint density at radius 1 is 1.30 bits per heavy atom. The van der Waals surface area contributed by atoms with Crippen LogP contribution in [0.3, 0.4) is 0 Å². The molecule has 1 atom stereocenters. The van der Waals surface area contributed by atoms with E-state index in [1.807, 2.05) is 13.8 Å². The van der Waals surface area contributed by atoms with Crippen molar-refractivity contribution >= 4 is 11.6 Å². The summed E-state index contributed by atoms with van der Waals surface area (Å²) in [5.74, 6) is 0. The summed E-state index contributed by atoms with van der Waals surface area (Å²) in [6, 6.07) is 0. The molecule has 1 nitrogen and oxygen atoms in total. The van der Waals surface area contributed by atoms with Gasteiger partial charge in [-0.15, -0.1) is 11.6 Å². The molecule has 2 heteroatoms. The van der Waals surface area contributed by atoms with E-state index in [9.17, 15) is 0 Å². The Hall–Kier alpha value is 0.250. The predicted molar refractivity (Wildman–Crippen MR) is 43.5 cm³/mol. The summed E-state index contributed by atoms with van der Waals surface area (Å²) < 4.78 is 5.72. The van der Waals surface area contributed by atoms with Crippen molar-refractivity contribution in [2.45, 2.75) is 50.7 Å². The zero-order chi connectivity index (χ0) is 7.99. The third kappa shape index (κ3) is 1.46. The number of rotatable bonds is 0. The van der Waals surface area contributed by atoms with E-state index in [1.54, 1.807) is 0 Å². The Bertz CT molecular complexity index is 140. The summed E-state index contributed by atoms with van der Waals surface area (Å²) in [6.07, 6.45) is 0.946. The van der Waals surface area contributed by atoms with E-state index >= 15 is 0 Å². The fraction of sp³-hybridized carbons (Fsp3) is 1.00. The maximum absolute atomic E-state index is 6.06. The molecule has 1 aliphatic heterocycles. The van der Waals surface area contributed by atoms with Gasteiger partial charge in [0.1, 0.15) is 0 Å². The second-order valence-electron chi connectivity index (χ2n) is 4.14. The first-order chi connectivity index (χ1) is 4.33. The molecule has 1 rings (SSSR count). The highest BCUT2D eigenvalue weighted by atomic mass is 35.5. The van der Waals surface area contributed by atoms with Crippen molar-refractivity contribution in [3.05, 3.63) is 0 Å². The van der Waals surface area contributed by atoms with Gasteiger partial charge in [-0.3, -0.25) is 0 Å². The topological polar surface area (TPSA) is 9.23 Å². The molecule has 0 bridgehead atoms. The highest BCUT2D eigenvalue weighted by Gasteiger charge is 2.44. The van der Waals surface area contributed by atoms with Crippen LogP contribution in [0.5, 0.6) is 0 Å². The number of hydrogen-bond donors (Lipinski definition) is 0. The fourth-order valence-electron chi connectivity index (χ4n) is 1.50. The van der Waals surface area contributed by atoms with Crippen LogP contribution in [0.4, 0.5) is 0 Å². The Kier molecular flexibility index (Phi) is 1.77. The van der Waals surface area contributed by atoms with Gasteiger partial charge in [0.25, 0.3) is 0 Å². The van der Waals surface area contributed by atoms with Crippen LogP contribution in [0.1, 0.15) is 34.1 Å². The standard InChI is InChI=1S/C8H15ClO/c1-7(2)5-6(9)8(3,4)10-7/h6H,5H2,1-4H3. The molecule has 0 aliphatic carbocycles. The summed E-state index contributed by atoms with van der Waals surface area (Å²) in [5, 5.41) is 0.155. The maximum atomic E-state index is 6.06. The first-order valence-corrected chi connectivity index (χ1v) is 4.11. The monoisotopic (exact) mass is 162 g/mol. The van der Waals surface area contributed by atoms with Crippen LogP contribution in [-0.2, 0) is 4.74 Å². The van der Waals surface area contributed by atoms with E-state index < -0.39 is 0 Å². The number of ether oxygens (including phenoxy) is 1. The average Bonchev–Trinajstić information content (AvgIpc) is 1.73. The molecule has 1 unspecified atom stereocenters. The number of alkyl halides is 1. The van der Waals surface area contributed by atoms with Crippen molar-refractivity contribution in [1.82, 2.24) is 0 Å². The second-order valence-corrected chi connectivity index (χ2v) is 4.66. The second kappa shape index (κ2) is 2.12. The lowest BCUT2D eigenvalue weighted by molar-refractivity contribution is -0.0635. The fourth-order valence-corrected chi connectivity index (χ4v) is 1.91. The normalized spacial score (nSPS) is 36.3. The molecule has 0 aromatic heterocycles. The van der Waals surface area contributed by atoms with Crippen LogP contribution in [0, 0.1) is 0 Å². The summed E-state index contributed by atoms with van der Waals surface area (Å²) in [7, 11) is 0. The lowest BCUT2D eigenvalue weighted by Gasteiger charge is -2.24. The first-order valence-electron chi connectivity index (χ1n) is 3.68. The minimum Gasteiger partial charge on any atom is -0.368 e. The molecule has 0 aromatic carbocycles. The molecule has 0 saturated carbocycles. The SMILES string of the molecule is CC1(C)CC(Cl)C(C)(C)O1. The molecule has 60 valence electrons. The van der Waals surface area contributed by atoms with E-state index in [0.29, 0.717) is 0 Å². The minimum atomic E-state index is -0.148. The molecule has 1 aliphatic rings. The van der Waals surface area contributed by atoms with Crippen molar-refractivity contribution < 1.29 is 4.74 Å². The van der Waals surface area contributed by atoms with Crippen molar-refractivity contribution in [1.29, 1.82) is 0 Å². The van der Waals surface area contributed by atoms with Gasteiger partial charge in [-0.25, -0.2) is 0 Å². The summed E-state index contributed by atoms with van der Waals surface area (Å²) in [6.45, 7) is 8.24. The zero-order valence-corrected chi connectivity index (χ0v) is 7.83. The van der Waals surface area contributed by atoms with Crippen LogP contribution in [0.2, 0.25) is 0 Å². The van der Waals surface area contributed by atoms with Gasteiger partial charge >= 0.3 is 0 Å². The summed E-state index contributed by atoms with van der Waals surface area (Å²) >= 11 is 6.06. The van der Waals surface area contributed by atoms with Gasteiger partial charge in [0.05, 0.1) is 16.6 Å². The van der Waals surface area contributed by atoms with E-state index in [-0.39, 0.29) is 16.6 Å². The Morgan fingerprint density at radius 3 is 1.90 bits per heavy atom. The van der Waals surface area contributed by atoms with Crippen molar-refractivity contribution in [3.63, 3.8) is 0 Å². The van der Waals surface area contributed by atoms with E-state index in [0.717, 1.165) is 6.42 Å². The average molecular weight is 163 g/mol. The van der Waals surface area contributed by atoms with Crippen molar-refractivity contribution in [3.8, 4) is 0 Å². The number of hydrogen-bond acceptors (Lipinski definition) is 1. The lowest BCUT2D eigenvalue weighted by atomic mass is 10.0. The Morgan fingerprint density at radius 2 is 1.80 bits per heavy atom. The van der Waals surface area contributed by atoms with Gasteiger partial charge in [-0.05, 0) is 34.1 Å². The smallest absolute Gasteiger partial charge is 0.0797 e. The minimum absolute atomic E-state index is 0.0318. The lowest BCUT2D eigenvalue weighted by Crippen LogP contribution is -2.29. The summed E-state index contributed by atoms with van der Waals surface area (Å²) in [5.41, 5.74) is -0.180. The third-order valence-corrected chi connectivity index (χ3v) is 2.64. The van der Waals surface area contributed by atoms with Gasteiger partial charge < -0.3 is 4.74 Å². The Balaban J connectivity index is 2.71. The highest BCUT2D eigenvalue weighted by Crippen LogP contribution is 2.40. The van der Waals surface area contributed by atoms with Crippen LogP contribution < -0.4 is 0 Å². The third-order valence-electron chi connectivity index (χ3n) is 1.96. The largest absolute Gasteiger partial charge is 0.368 e. The molecular formula is C8H15ClO. The van der Waals surface area contributed by atoms with Crippen molar-refractivity contribution in [2.24, 2.45) is 0 Å². The molecule has 1 saturated heterocycles. The van der Waals surface area contributed by atoms with E-state index in [2.05, 4.69) is 13.8 Å². The molecular weight excluding hydrogens is 148 g/mol. The summed E-state index contributed by atoms with van der Waals surface area (Å²) in [4.78, 5) is 0. The van der Waals surface area contributed by atoms with Gasteiger partial charge in [0.15, 0.2) is 0 Å². The molecule has 0 spiro atoms. The molecule has 1 fully saturated rings. The first kappa shape index (κ1) is 8.35. The molecule has 0 N–H and O–H groups in total. The molecule has 0 amide bonds. The van der Waals surface area contributed by atoms with Crippen LogP contribution in [0.25, 0.3) is 0 Å². The van der Waals surface area contributed by atoms with Crippen LogP contribution >= 0.6 is 11.6 Å². The highest BCUT2D eigenvalue weighted by molar-refractivity contribution is 6.21. The number of halogens is 1. The quantitative estimate of drug-likeness (QED) is 0.498. The predicted octanol–water partition coefficient (Wildman–Crippen LogP) is 2.57. The van der Waals surface area contributed by atoms with Crippen molar-refractivity contribution in [2.75, 3.05) is 0 Å². The molecule has 0 radical (unpaired) electrons. The van der Waals surface area contributed by atoms with E-state index in [4.69, 9.17) is 16.3 Å². The molecule has 0 aromatic rings. The van der Waals surface area contributed by atoms with Gasteiger partial charge in [0.2, 0.25) is 0 Å². The van der Waals surface area contributed by atoms with E-state index in [1.165, 1.54) is 0 Å². The molecule has 1 heterocycles. The van der Waals surface area contributed by atoms with Crippen LogP contribution in [0.15, 0.2) is 0 Å². The van der Waals surface area contributed by atoms with Gasteiger partial charge in [0, 0.05) is 0 Å². The van der Waals surface area contributed by atoms with Gasteiger partial charge in [-0.2, -0.15) is 0 Å².